The Hall–Kier alpha value is -1.30. The van der Waals surface area contributed by atoms with Crippen LogP contribution in [0, 0.1) is 10.8 Å². The van der Waals surface area contributed by atoms with Crippen LogP contribution in [0.5, 0.6) is 0 Å². The molecule has 0 spiro atoms. The summed E-state index contributed by atoms with van der Waals surface area (Å²) in [5.74, 6) is 0.786. The Morgan fingerprint density at radius 1 is 1.24 bits per heavy atom. The van der Waals surface area contributed by atoms with Crippen LogP contribution in [-0.4, -0.2) is 50.8 Å². The van der Waals surface area contributed by atoms with Crippen LogP contribution >= 0.6 is 0 Å². The fourth-order valence-electron chi connectivity index (χ4n) is 3.76. The lowest BCUT2D eigenvalue weighted by molar-refractivity contribution is -0.133. The van der Waals surface area contributed by atoms with E-state index in [1.165, 1.54) is 0 Å². The molecule has 0 aromatic rings. The molecule has 1 amide bonds. The number of rotatable bonds is 9. The molecule has 146 valence electrons. The Morgan fingerprint density at radius 2 is 1.88 bits per heavy atom. The van der Waals surface area contributed by atoms with Crippen molar-refractivity contribution in [2.45, 2.75) is 73.0 Å². The van der Waals surface area contributed by atoms with Crippen molar-refractivity contribution in [1.29, 1.82) is 0 Å². The van der Waals surface area contributed by atoms with Crippen molar-refractivity contribution >= 4 is 11.9 Å². The van der Waals surface area contributed by atoms with Crippen molar-refractivity contribution in [3.05, 3.63) is 0 Å². The zero-order valence-corrected chi connectivity index (χ0v) is 17.2. The minimum atomic E-state index is -0.531. The molecule has 0 bridgehead atoms. The van der Waals surface area contributed by atoms with E-state index in [0.717, 1.165) is 38.4 Å². The van der Waals surface area contributed by atoms with Crippen molar-refractivity contribution < 1.29 is 9.53 Å². The summed E-state index contributed by atoms with van der Waals surface area (Å²) in [7, 11) is 1.66. The molecule has 0 aromatic heterocycles. The number of hydrogen-bond donors (Lipinski definition) is 3. The summed E-state index contributed by atoms with van der Waals surface area (Å²) in [5.41, 5.74) is -0.375. The summed E-state index contributed by atoms with van der Waals surface area (Å²) in [4.78, 5) is 16.6. The Kier molecular flexibility index (Phi) is 8.19. The monoisotopic (exact) mass is 354 g/mol. The van der Waals surface area contributed by atoms with Gasteiger partial charge in [0.05, 0.1) is 18.1 Å². The van der Waals surface area contributed by atoms with E-state index in [0.29, 0.717) is 18.7 Å². The number of aliphatic imine (C=N–C) groups is 1. The standard InChI is InChI=1S/C19H38N4O2/c1-8-19(9-2)14(12-15(19)25-11-4)23-17(21-10-3)22-13-18(5,6)16(24)20-7/h14-15H,8-13H2,1-7H3,(H,20,24)(H2,21,22,23). The van der Waals surface area contributed by atoms with Crippen molar-refractivity contribution in [3.8, 4) is 0 Å². The first-order valence-corrected chi connectivity index (χ1v) is 9.69. The Balaban J connectivity index is 2.84. The third kappa shape index (κ3) is 4.87. The number of amides is 1. The van der Waals surface area contributed by atoms with E-state index >= 15 is 0 Å². The number of ether oxygens (including phenoxy) is 1. The number of carbonyl (C=O) groups excluding carboxylic acids is 1. The lowest BCUT2D eigenvalue weighted by Crippen LogP contribution is -2.65. The van der Waals surface area contributed by atoms with Crippen LogP contribution in [-0.2, 0) is 9.53 Å². The van der Waals surface area contributed by atoms with Crippen LogP contribution in [0.4, 0.5) is 0 Å². The van der Waals surface area contributed by atoms with Crippen LogP contribution in [0.25, 0.3) is 0 Å². The zero-order chi connectivity index (χ0) is 19.1. The number of hydrogen-bond acceptors (Lipinski definition) is 3. The van der Waals surface area contributed by atoms with Crippen LogP contribution in [0.2, 0.25) is 0 Å². The number of guanidine groups is 1. The third-order valence-corrected chi connectivity index (χ3v) is 5.60. The summed E-state index contributed by atoms with van der Waals surface area (Å²) >= 11 is 0. The van der Waals surface area contributed by atoms with E-state index in [1.54, 1.807) is 7.05 Å². The molecule has 0 aromatic carbocycles. The fraction of sp³-hybridized carbons (Fsp3) is 0.895. The van der Waals surface area contributed by atoms with Gasteiger partial charge in [0.1, 0.15) is 0 Å². The van der Waals surface area contributed by atoms with E-state index in [4.69, 9.17) is 4.74 Å². The van der Waals surface area contributed by atoms with Gasteiger partial charge in [-0.15, -0.1) is 0 Å². The summed E-state index contributed by atoms with van der Waals surface area (Å²) < 4.78 is 5.95. The number of nitrogens with zero attached hydrogens (tertiary/aromatic N) is 1. The van der Waals surface area contributed by atoms with Gasteiger partial charge in [-0.3, -0.25) is 9.79 Å². The van der Waals surface area contributed by atoms with E-state index in [-0.39, 0.29) is 11.3 Å². The summed E-state index contributed by atoms with van der Waals surface area (Å²) in [5, 5.41) is 9.61. The molecule has 3 N–H and O–H groups in total. The first kappa shape index (κ1) is 21.7. The quantitative estimate of drug-likeness (QED) is 0.439. The van der Waals surface area contributed by atoms with E-state index in [9.17, 15) is 4.79 Å². The lowest BCUT2D eigenvalue weighted by atomic mass is 9.58. The summed E-state index contributed by atoms with van der Waals surface area (Å²) in [6.45, 7) is 14.4. The number of carbonyl (C=O) groups is 1. The van der Waals surface area contributed by atoms with Crippen LogP contribution in [0.1, 0.15) is 60.8 Å². The molecule has 1 aliphatic carbocycles. The second-order valence-corrected chi connectivity index (χ2v) is 7.48. The Morgan fingerprint density at radius 3 is 2.36 bits per heavy atom. The second kappa shape index (κ2) is 9.41. The normalized spacial score (nSPS) is 22.9. The predicted molar refractivity (Wildman–Crippen MR) is 104 cm³/mol. The molecule has 1 aliphatic rings. The molecule has 0 heterocycles. The number of nitrogens with one attached hydrogen (secondary N) is 3. The molecule has 2 atom stereocenters. The van der Waals surface area contributed by atoms with Gasteiger partial charge in [-0.05, 0) is 47.0 Å². The zero-order valence-electron chi connectivity index (χ0n) is 17.2. The van der Waals surface area contributed by atoms with Crippen LogP contribution in [0.15, 0.2) is 4.99 Å². The van der Waals surface area contributed by atoms with E-state index in [1.807, 2.05) is 13.8 Å². The van der Waals surface area contributed by atoms with Gasteiger partial charge in [0, 0.05) is 31.7 Å². The van der Waals surface area contributed by atoms with Gasteiger partial charge < -0.3 is 20.7 Å². The highest BCUT2D eigenvalue weighted by molar-refractivity contribution is 5.83. The van der Waals surface area contributed by atoms with Gasteiger partial charge >= 0.3 is 0 Å². The van der Waals surface area contributed by atoms with Gasteiger partial charge in [-0.1, -0.05) is 13.8 Å². The first-order valence-electron chi connectivity index (χ1n) is 9.69. The van der Waals surface area contributed by atoms with Crippen LogP contribution in [0.3, 0.4) is 0 Å². The Labute approximate surface area is 153 Å². The van der Waals surface area contributed by atoms with E-state index in [2.05, 4.69) is 48.6 Å². The minimum absolute atomic E-state index is 0.00335. The highest BCUT2D eigenvalue weighted by Crippen LogP contribution is 2.48. The minimum Gasteiger partial charge on any atom is -0.378 e. The topological polar surface area (TPSA) is 74.8 Å². The smallest absolute Gasteiger partial charge is 0.227 e. The molecule has 1 rings (SSSR count). The molecule has 6 nitrogen and oxygen atoms in total. The van der Waals surface area contributed by atoms with Crippen molar-refractivity contribution in [2.75, 3.05) is 26.7 Å². The summed E-state index contributed by atoms with van der Waals surface area (Å²) in [6.07, 6.45) is 3.47. The highest BCUT2D eigenvalue weighted by Gasteiger charge is 2.53. The fourth-order valence-corrected chi connectivity index (χ4v) is 3.76. The molecule has 1 saturated carbocycles. The molecule has 1 fully saturated rings. The van der Waals surface area contributed by atoms with Gasteiger partial charge in [0.15, 0.2) is 5.96 Å². The molecule has 2 unspecified atom stereocenters. The second-order valence-electron chi connectivity index (χ2n) is 7.48. The van der Waals surface area contributed by atoms with Crippen molar-refractivity contribution in [2.24, 2.45) is 15.8 Å². The maximum absolute atomic E-state index is 12.0. The maximum Gasteiger partial charge on any atom is 0.227 e. The molecule has 0 saturated heterocycles. The molecule has 6 heteroatoms. The molecule has 0 radical (unpaired) electrons. The predicted octanol–water partition coefficient (Wildman–Crippen LogP) is 2.30. The largest absolute Gasteiger partial charge is 0.378 e. The molecule has 25 heavy (non-hydrogen) atoms. The average molecular weight is 355 g/mol. The Bertz CT molecular complexity index is 458. The summed E-state index contributed by atoms with van der Waals surface area (Å²) in [6, 6.07) is 0.347. The van der Waals surface area contributed by atoms with Crippen LogP contribution < -0.4 is 16.0 Å². The van der Waals surface area contributed by atoms with Gasteiger partial charge in [-0.2, -0.15) is 0 Å². The van der Waals surface area contributed by atoms with Gasteiger partial charge in [-0.25, -0.2) is 0 Å². The lowest BCUT2D eigenvalue weighted by Gasteiger charge is -2.55. The average Bonchev–Trinajstić information content (AvgIpc) is 2.59. The first-order chi connectivity index (χ1) is 11.8. The highest BCUT2D eigenvalue weighted by atomic mass is 16.5. The maximum atomic E-state index is 12.0. The molecule has 0 aliphatic heterocycles. The third-order valence-electron chi connectivity index (χ3n) is 5.60. The van der Waals surface area contributed by atoms with Crippen molar-refractivity contribution in [1.82, 2.24) is 16.0 Å². The van der Waals surface area contributed by atoms with Crippen molar-refractivity contribution in [3.63, 3.8) is 0 Å². The van der Waals surface area contributed by atoms with E-state index < -0.39 is 5.41 Å². The van der Waals surface area contributed by atoms with Gasteiger partial charge in [0.2, 0.25) is 5.91 Å². The van der Waals surface area contributed by atoms with Gasteiger partial charge in [0.25, 0.3) is 0 Å². The molecular weight excluding hydrogens is 316 g/mol. The molecular formula is C19H38N4O2. The SMILES string of the molecule is CCNC(=NCC(C)(C)C(=O)NC)NC1CC(OCC)C1(CC)CC.